The van der Waals surface area contributed by atoms with Crippen molar-refractivity contribution < 1.29 is 27.5 Å². The average molecular weight is 483 g/mol. The Kier molecular flexibility index (Phi) is 8.39. The molecule has 1 amide bonds. The average Bonchev–Trinajstić information content (AvgIpc) is 2.84. The van der Waals surface area contributed by atoms with Gasteiger partial charge in [0.2, 0.25) is 15.9 Å². The number of rotatable bonds is 10. The van der Waals surface area contributed by atoms with Crippen LogP contribution < -0.4 is 14.8 Å². The number of ether oxygens (including phenoxy) is 2. The molecule has 0 aliphatic heterocycles. The fraction of sp³-hybridized carbons (Fsp3) is 0.200. The first-order valence-electron chi connectivity index (χ1n) is 10.6. The van der Waals surface area contributed by atoms with Crippen LogP contribution in [0.1, 0.15) is 22.8 Å². The predicted octanol–water partition coefficient (Wildman–Crippen LogP) is 3.40. The standard InChI is InChI=1S/C25H26N2O6S/c1-3-33-19-13-15-20(16-14-19)34(30,31)27-23(17-18-9-5-4-6-10-18)24(28)26-22-12-8-7-11-21(22)25(29)32-2/h4-16,23,27H,3,17H2,1-2H3,(H,26,28). The molecule has 0 spiro atoms. The highest BCUT2D eigenvalue weighted by atomic mass is 32.2. The summed E-state index contributed by atoms with van der Waals surface area (Å²) in [5, 5.41) is 2.66. The molecule has 0 saturated heterocycles. The van der Waals surface area contributed by atoms with Gasteiger partial charge in [0.1, 0.15) is 11.8 Å². The van der Waals surface area contributed by atoms with E-state index in [1.165, 1.54) is 25.3 Å². The van der Waals surface area contributed by atoms with E-state index >= 15 is 0 Å². The first-order valence-corrected chi connectivity index (χ1v) is 12.1. The molecule has 3 aromatic carbocycles. The van der Waals surface area contributed by atoms with Crippen LogP contribution in [0, 0.1) is 0 Å². The molecule has 2 N–H and O–H groups in total. The second-order valence-electron chi connectivity index (χ2n) is 7.29. The van der Waals surface area contributed by atoms with Crippen molar-refractivity contribution in [2.24, 2.45) is 0 Å². The van der Waals surface area contributed by atoms with Crippen LogP contribution in [0.25, 0.3) is 0 Å². The van der Waals surface area contributed by atoms with E-state index < -0.39 is 27.9 Å². The number of nitrogens with one attached hydrogen (secondary N) is 2. The van der Waals surface area contributed by atoms with Crippen molar-refractivity contribution >= 4 is 27.6 Å². The van der Waals surface area contributed by atoms with E-state index in [1.807, 2.05) is 13.0 Å². The summed E-state index contributed by atoms with van der Waals surface area (Å²) in [7, 11) is -2.80. The van der Waals surface area contributed by atoms with Gasteiger partial charge in [0.25, 0.3) is 0 Å². The molecule has 0 aliphatic rings. The van der Waals surface area contributed by atoms with E-state index in [2.05, 4.69) is 10.0 Å². The van der Waals surface area contributed by atoms with E-state index in [0.717, 1.165) is 5.56 Å². The quantitative estimate of drug-likeness (QED) is 0.429. The summed E-state index contributed by atoms with van der Waals surface area (Å²) in [5.41, 5.74) is 1.14. The Morgan fingerprint density at radius 2 is 1.56 bits per heavy atom. The monoisotopic (exact) mass is 482 g/mol. The molecular weight excluding hydrogens is 456 g/mol. The van der Waals surface area contributed by atoms with E-state index in [1.54, 1.807) is 54.6 Å². The van der Waals surface area contributed by atoms with Crippen LogP contribution in [0.5, 0.6) is 5.75 Å². The molecule has 0 aromatic heterocycles. The zero-order valence-corrected chi connectivity index (χ0v) is 19.7. The SMILES string of the molecule is CCOc1ccc(S(=O)(=O)NC(Cc2ccccc2)C(=O)Nc2ccccc2C(=O)OC)cc1. The number of esters is 1. The van der Waals surface area contributed by atoms with Gasteiger partial charge < -0.3 is 14.8 Å². The van der Waals surface area contributed by atoms with Gasteiger partial charge in [0, 0.05) is 0 Å². The van der Waals surface area contributed by atoms with Gasteiger partial charge in [-0.3, -0.25) is 4.79 Å². The van der Waals surface area contributed by atoms with E-state index in [9.17, 15) is 18.0 Å². The van der Waals surface area contributed by atoms with E-state index in [-0.39, 0.29) is 22.6 Å². The van der Waals surface area contributed by atoms with Crippen molar-refractivity contribution in [1.82, 2.24) is 4.72 Å². The van der Waals surface area contributed by atoms with Crippen LogP contribution in [0.4, 0.5) is 5.69 Å². The summed E-state index contributed by atoms with van der Waals surface area (Å²) in [6, 6.07) is 20.2. The summed E-state index contributed by atoms with van der Waals surface area (Å²) in [4.78, 5) is 25.3. The number of hydrogen-bond donors (Lipinski definition) is 2. The minimum atomic E-state index is -4.04. The van der Waals surface area contributed by atoms with Gasteiger partial charge in [-0.2, -0.15) is 4.72 Å². The Bertz CT molecular complexity index is 1230. The van der Waals surface area contributed by atoms with Crippen LogP contribution in [-0.4, -0.2) is 40.1 Å². The Balaban J connectivity index is 1.88. The summed E-state index contributed by atoms with van der Waals surface area (Å²) in [6.45, 7) is 2.29. The summed E-state index contributed by atoms with van der Waals surface area (Å²) in [6.07, 6.45) is 0.101. The van der Waals surface area contributed by atoms with Crippen molar-refractivity contribution in [3.05, 3.63) is 90.0 Å². The van der Waals surface area contributed by atoms with Gasteiger partial charge in [-0.05, 0) is 55.3 Å². The predicted molar refractivity (Wildman–Crippen MR) is 128 cm³/mol. The van der Waals surface area contributed by atoms with Gasteiger partial charge in [-0.15, -0.1) is 0 Å². The first kappa shape index (κ1) is 24.9. The Morgan fingerprint density at radius 3 is 2.21 bits per heavy atom. The number of carbonyl (C=O) groups excluding carboxylic acids is 2. The third kappa shape index (κ3) is 6.43. The lowest BCUT2D eigenvalue weighted by atomic mass is 10.1. The highest BCUT2D eigenvalue weighted by Gasteiger charge is 2.27. The van der Waals surface area contributed by atoms with Crippen LogP contribution in [0.15, 0.2) is 83.8 Å². The van der Waals surface area contributed by atoms with Crippen LogP contribution in [-0.2, 0) is 26.0 Å². The van der Waals surface area contributed by atoms with Gasteiger partial charge >= 0.3 is 5.97 Å². The maximum absolute atomic E-state index is 13.2. The summed E-state index contributed by atoms with van der Waals surface area (Å²) >= 11 is 0. The first-order chi connectivity index (χ1) is 16.3. The number of methoxy groups -OCH3 is 1. The Morgan fingerprint density at radius 1 is 0.912 bits per heavy atom. The van der Waals surface area contributed by atoms with Crippen LogP contribution in [0.3, 0.4) is 0 Å². The molecule has 3 rings (SSSR count). The minimum absolute atomic E-state index is 0.00299. The fourth-order valence-electron chi connectivity index (χ4n) is 3.27. The lowest BCUT2D eigenvalue weighted by Gasteiger charge is -2.20. The third-order valence-electron chi connectivity index (χ3n) is 4.93. The summed E-state index contributed by atoms with van der Waals surface area (Å²) < 4.78 is 38.8. The van der Waals surface area contributed by atoms with Crippen molar-refractivity contribution in [2.45, 2.75) is 24.3 Å². The molecule has 8 nitrogen and oxygen atoms in total. The molecule has 34 heavy (non-hydrogen) atoms. The van der Waals surface area contributed by atoms with Crippen molar-refractivity contribution in [2.75, 3.05) is 19.0 Å². The number of anilines is 1. The maximum Gasteiger partial charge on any atom is 0.339 e. The van der Waals surface area contributed by atoms with Crippen LogP contribution >= 0.6 is 0 Å². The van der Waals surface area contributed by atoms with E-state index in [4.69, 9.17) is 9.47 Å². The number of carbonyl (C=O) groups is 2. The molecular formula is C25H26N2O6S. The molecule has 0 heterocycles. The molecule has 0 saturated carbocycles. The third-order valence-corrected chi connectivity index (χ3v) is 6.42. The highest BCUT2D eigenvalue weighted by molar-refractivity contribution is 7.89. The molecule has 1 unspecified atom stereocenters. The Hall–Kier alpha value is -3.69. The number of amides is 1. The molecule has 178 valence electrons. The molecule has 9 heteroatoms. The van der Waals surface area contributed by atoms with Gasteiger partial charge in [0.15, 0.2) is 0 Å². The van der Waals surface area contributed by atoms with Crippen molar-refractivity contribution in [1.29, 1.82) is 0 Å². The number of sulfonamides is 1. The van der Waals surface area contributed by atoms with Gasteiger partial charge in [-0.25, -0.2) is 13.2 Å². The maximum atomic E-state index is 13.2. The number of hydrogen-bond acceptors (Lipinski definition) is 6. The summed E-state index contributed by atoms with van der Waals surface area (Å²) in [5.74, 6) is -0.695. The van der Waals surface area contributed by atoms with Gasteiger partial charge in [0.05, 0.1) is 29.9 Å². The van der Waals surface area contributed by atoms with E-state index in [0.29, 0.717) is 12.4 Å². The second-order valence-corrected chi connectivity index (χ2v) is 9.01. The molecule has 0 aliphatic carbocycles. The minimum Gasteiger partial charge on any atom is -0.494 e. The number of benzene rings is 3. The van der Waals surface area contributed by atoms with Crippen LogP contribution in [0.2, 0.25) is 0 Å². The lowest BCUT2D eigenvalue weighted by Crippen LogP contribution is -2.45. The normalized spacial score (nSPS) is 11.9. The Labute approximate surface area is 199 Å². The lowest BCUT2D eigenvalue weighted by molar-refractivity contribution is -0.117. The largest absolute Gasteiger partial charge is 0.494 e. The molecule has 3 aromatic rings. The van der Waals surface area contributed by atoms with Gasteiger partial charge in [-0.1, -0.05) is 42.5 Å². The smallest absolute Gasteiger partial charge is 0.339 e. The fourth-order valence-corrected chi connectivity index (χ4v) is 4.47. The zero-order valence-electron chi connectivity index (χ0n) is 18.9. The topological polar surface area (TPSA) is 111 Å². The van der Waals surface area contributed by atoms with Crippen molar-refractivity contribution in [3.8, 4) is 5.75 Å². The zero-order chi connectivity index (χ0) is 24.6. The molecule has 1 atom stereocenters. The molecule has 0 radical (unpaired) electrons. The second kappa shape index (κ2) is 11.4. The molecule has 0 bridgehead atoms. The van der Waals surface area contributed by atoms with Crippen molar-refractivity contribution in [3.63, 3.8) is 0 Å². The number of para-hydroxylation sites is 1. The highest BCUT2D eigenvalue weighted by Crippen LogP contribution is 2.19. The molecule has 0 fully saturated rings.